The Morgan fingerprint density at radius 1 is 0.907 bits per heavy atom. The van der Waals surface area contributed by atoms with Crippen molar-refractivity contribution in [1.82, 2.24) is 25.2 Å². The van der Waals surface area contributed by atoms with Gasteiger partial charge in [-0.25, -0.2) is 4.98 Å². The third-order valence-corrected chi connectivity index (χ3v) is 6.84. The first kappa shape index (κ1) is 28.8. The molecule has 0 bridgehead atoms. The molecule has 0 aliphatic heterocycles. The van der Waals surface area contributed by atoms with Gasteiger partial charge in [-0.15, -0.1) is 0 Å². The lowest BCUT2D eigenvalue weighted by molar-refractivity contribution is -0.121. The molecule has 0 aliphatic carbocycles. The van der Waals surface area contributed by atoms with E-state index in [-0.39, 0.29) is 11.9 Å². The van der Waals surface area contributed by atoms with Crippen LogP contribution in [0.2, 0.25) is 0 Å². The molecule has 11 heteroatoms. The minimum atomic E-state index is -0.751. The van der Waals surface area contributed by atoms with Gasteiger partial charge in [0, 0.05) is 36.6 Å². The largest absolute Gasteiger partial charge is 0.457 e. The molecule has 2 heterocycles. The van der Waals surface area contributed by atoms with Crippen molar-refractivity contribution >= 4 is 28.8 Å². The molecule has 11 nitrogen and oxygen atoms in total. The van der Waals surface area contributed by atoms with Gasteiger partial charge in [-0.05, 0) is 73.0 Å². The van der Waals surface area contributed by atoms with Crippen molar-refractivity contribution in [2.75, 3.05) is 6.54 Å². The molecular formula is C32H32N8O3. The zero-order valence-electron chi connectivity index (χ0n) is 23.4. The van der Waals surface area contributed by atoms with Gasteiger partial charge in [0.05, 0.1) is 11.0 Å². The van der Waals surface area contributed by atoms with Gasteiger partial charge < -0.3 is 31.4 Å². The Labute approximate surface area is 248 Å². The predicted octanol–water partition coefficient (Wildman–Crippen LogP) is 4.11. The molecule has 0 radical (unpaired) electrons. The van der Waals surface area contributed by atoms with Crippen LogP contribution in [-0.2, 0) is 11.3 Å². The molecule has 0 saturated heterocycles. The number of carbonyl (C=O) groups excluding carboxylic acids is 2. The number of hydrogen-bond acceptors (Lipinski definition) is 6. The number of carbonyl (C=O) groups is 2. The second kappa shape index (κ2) is 13.3. The number of aromatic nitrogens is 3. The zero-order chi connectivity index (χ0) is 30.2. The fourth-order valence-electron chi connectivity index (χ4n) is 4.78. The number of para-hydroxylation sites is 1. The molecule has 0 saturated carbocycles. The number of pyridine rings is 1. The van der Waals surface area contributed by atoms with Gasteiger partial charge in [-0.1, -0.05) is 30.3 Å². The second-order valence-corrected chi connectivity index (χ2v) is 9.89. The second-order valence-electron chi connectivity index (χ2n) is 9.89. The first-order chi connectivity index (χ1) is 20.9. The number of primary amides is 1. The van der Waals surface area contributed by atoms with Crippen LogP contribution in [0.5, 0.6) is 11.5 Å². The number of ether oxygens (including phenoxy) is 1. The van der Waals surface area contributed by atoms with Gasteiger partial charge in [-0.2, -0.15) is 0 Å². The summed E-state index contributed by atoms with van der Waals surface area (Å²) in [5, 5.41) is 13.1. The molecule has 2 amide bonds. The Morgan fingerprint density at radius 3 is 2.42 bits per heavy atom. The molecule has 43 heavy (non-hydrogen) atoms. The van der Waals surface area contributed by atoms with Crippen molar-refractivity contribution in [2.24, 2.45) is 11.5 Å². The monoisotopic (exact) mass is 576 g/mol. The highest BCUT2D eigenvalue weighted by Crippen LogP contribution is 2.33. The molecule has 218 valence electrons. The van der Waals surface area contributed by atoms with Crippen molar-refractivity contribution < 1.29 is 14.3 Å². The molecule has 5 rings (SSSR count). The van der Waals surface area contributed by atoms with E-state index in [1.807, 2.05) is 71.3 Å². The number of fused-ring (bicyclic) bond motifs is 1. The minimum absolute atomic E-state index is 0.144. The van der Waals surface area contributed by atoms with Crippen molar-refractivity contribution in [2.45, 2.75) is 25.4 Å². The predicted molar refractivity (Wildman–Crippen MR) is 164 cm³/mol. The summed E-state index contributed by atoms with van der Waals surface area (Å²) in [6.45, 7) is 0.759. The Bertz CT molecular complexity index is 1740. The topological polar surface area (TPSA) is 174 Å². The number of nitrogens with two attached hydrogens (primary N) is 2. The number of hydrogen-bond donors (Lipinski definition) is 5. The van der Waals surface area contributed by atoms with Crippen molar-refractivity contribution in [3.05, 3.63) is 108 Å². The van der Waals surface area contributed by atoms with E-state index in [1.54, 1.807) is 30.6 Å². The Hall–Kier alpha value is -5.71. The Kier molecular flexibility index (Phi) is 8.91. The quantitative estimate of drug-likeness (QED) is 0.0844. The summed E-state index contributed by atoms with van der Waals surface area (Å²) in [4.78, 5) is 34.8. The molecule has 0 aliphatic rings. The number of imidazole rings is 1. The third-order valence-electron chi connectivity index (χ3n) is 6.84. The lowest BCUT2D eigenvalue weighted by atomic mass is 10.1. The highest BCUT2D eigenvalue weighted by molar-refractivity contribution is 5.98. The maximum atomic E-state index is 13.0. The Morgan fingerprint density at radius 2 is 1.67 bits per heavy atom. The van der Waals surface area contributed by atoms with E-state index < -0.39 is 11.9 Å². The molecule has 3 aromatic carbocycles. The summed E-state index contributed by atoms with van der Waals surface area (Å²) in [6, 6.07) is 25.0. The number of nitrogens with zero attached hydrogens (tertiary/aromatic N) is 3. The highest BCUT2D eigenvalue weighted by Gasteiger charge is 2.25. The summed E-state index contributed by atoms with van der Waals surface area (Å²) in [6.07, 6.45) is 4.25. The van der Waals surface area contributed by atoms with Gasteiger partial charge in [-0.3, -0.25) is 20.0 Å². The number of amides is 2. The fraction of sp³-hybridized carbons (Fsp3) is 0.156. The van der Waals surface area contributed by atoms with Gasteiger partial charge >= 0.3 is 0 Å². The maximum absolute atomic E-state index is 13.0. The van der Waals surface area contributed by atoms with E-state index in [0.717, 1.165) is 5.56 Å². The number of rotatable bonds is 12. The summed E-state index contributed by atoms with van der Waals surface area (Å²) in [5.41, 5.74) is 14.6. The van der Waals surface area contributed by atoms with Crippen LogP contribution in [0.4, 0.5) is 0 Å². The van der Waals surface area contributed by atoms with Crippen LogP contribution >= 0.6 is 0 Å². The first-order valence-corrected chi connectivity index (χ1v) is 13.8. The van der Waals surface area contributed by atoms with Crippen molar-refractivity contribution in [3.63, 3.8) is 0 Å². The van der Waals surface area contributed by atoms with Gasteiger partial charge in [0.15, 0.2) is 5.96 Å². The van der Waals surface area contributed by atoms with E-state index in [4.69, 9.17) is 26.6 Å². The summed E-state index contributed by atoms with van der Waals surface area (Å²) in [5.74, 6) is 0.859. The lowest BCUT2D eigenvalue weighted by Crippen LogP contribution is -2.32. The standard InChI is InChI=1S/C32H32N8O3/c33-29(41)28(10-5-15-37-32(34)35)40-27-12-11-23(31(42)38-20-21-13-16-36-17-14-21)19-26(27)39-30(40)22-6-4-9-25(18-22)43-24-7-2-1-3-8-24/h1-4,6-9,11-14,16-19,28H,5,10,15,20H2,(H2,33,41)(H,38,42)(H4,34,35,37). The lowest BCUT2D eigenvalue weighted by Gasteiger charge is -2.20. The molecule has 0 spiro atoms. The highest BCUT2D eigenvalue weighted by atomic mass is 16.5. The molecule has 1 unspecified atom stereocenters. The van der Waals surface area contributed by atoms with Crippen LogP contribution < -0.4 is 26.8 Å². The molecule has 1 atom stereocenters. The summed E-state index contributed by atoms with van der Waals surface area (Å²) in [7, 11) is 0. The molecule has 7 N–H and O–H groups in total. The smallest absolute Gasteiger partial charge is 0.251 e. The normalized spacial score (nSPS) is 11.5. The van der Waals surface area contributed by atoms with Crippen LogP contribution in [0, 0.1) is 5.41 Å². The molecule has 2 aromatic heterocycles. The molecule has 5 aromatic rings. The number of guanidine groups is 1. The van der Waals surface area contributed by atoms with Crippen LogP contribution in [0.15, 0.2) is 97.3 Å². The molecule has 0 fully saturated rings. The van der Waals surface area contributed by atoms with Gasteiger partial charge in [0.2, 0.25) is 5.91 Å². The van der Waals surface area contributed by atoms with Crippen LogP contribution in [-0.4, -0.2) is 38.9 Å². The van der Waals surface area contributed by atoms with Gasteiger partial charge in [0.25, 0.3) is 5.91 Å². The van der Waals surface area contributed by atoms with Gasteiger partial charge in [0.1, 0.15) is 23.4 Å². The average molecular weight is 577 g/mol. The minimum Gasteiger partial charge on any atom is -0.457 e. The van der Waals surface area contributed by atoms with Crippen LogP contribution in [0.1, 0.15) is 34.8 Å². The van der Waals surface area contributed by atoms with Crippen molar-refractivity contribution in [3.8, 4) is 22.9 Å². The number of benzene rings is 3. The van der Waals surface area contributed by atoms with Crippen LogP contribution in [0.25, 0.3) is 22.4 Å². The van der Waals surface area contributed by atoms with E-state index in [0.29, 0.717) is 65.4 Å². The summed E-state index contributed by atoms with van der Waals surface area (Å²) >= 11 is 0. The average Bonchev–Trinajstić information content (AvgIpc) is 3.39. The van der Waals surface area contributed by atoms with Crippen LogP contribution in [0.3, 0.4) is 0 Å². The van der Waals surface area contributed by atoms with Crippen molar-refractivity contribution in [1.29, 1.82) is 5.41 Å². The SMILES string of the molecule is N=C(N)NCCCC(C(N)=O)n1c(-c2cccc(Oc3ccccc3)c2)nc2cc(C(=O)NCc3ccncc3)ccc21. The summed E-state index contributed by atoms with van der Waals surface area (Å²) < 4.78 is 7.86. The third kappa shape index (κ3) is 7.14. The van der Waals surface area contributed by atoms with E-state index in [1.165, 1.54) is 0 Å². The maximum Gasteiger partial charge on any atom is 0.251 e. The first-order valence-electron chi connectivity index (χ1n) is 13.8. The zero-order valence-corrected chi connectivity index (χ0v) is 23.4. The Balaban J connectivity index is 1.51. The van der Waals surface area contributed by atoms with E-state index in [2.05, 4.69) is 15.6 Å². The number of nitrogens with one attached hydrogen (secondary N) is 3. The molecular weight excluding hydrogens is 544 g/mol. The fourth-order valence-corrected chi connectivity index (χ4v) is 4.78. The van der Waals surface area contributed by atoms with E-state index >= 15 is 0 Å². The van der Waals surface area contributed by atoms with E-state index in [9.17, 15) is 9.59 Å².